The molecule has 0 saturated carbocycles. The molecule has 0 saturated heterocycles. The first-order chi connectivity index (χ1) is 12.9. The summed E-state index contributed by atoms with van der Waals surface area (Å²) in [4.78, 5) is 35.6. The van der Waals surface area contributed by atoms with Crippen molar-refractivity contribution in [2.45, 2.75) is 31.7 Å². The number of nitrogens with two attached hydrogens (primary N) is 1. The Morgan fingerprint density at radius 3 is 2.48 bits per heavy atom. The number of H-pyrrole nitrogens is 1. The Balaban J connectivity index is 0.000000279. The predicted octanol–water partition coefficient (Wildman–Crippen LogP) is 1.29. The van der Waals surface area contributed by atoms with E-state index >= 15 is 0 Å². The maximum atomic E-state index is 11.0. The lowest BCUT2D eigenvalue weighted by atomic mass is 10.1. The van der Waals surface area contributed by atoms with Crippen LogP contribution < -0.4 is 11.1 Å². The highest BCUT2D eigenvalue weighted by Gasteiger charge is 2.14. The lowest BCUT2D eigenvalue weighted by Crippen LogP contribution is -2.33. The number of amides is 1. The van der Waals surface area contributed by atoms with E-state index in [2.05, 4.69) is 25.8 Å². The summed E-state index contributed by atoms with van der Waals surface area (Å²) in [5.41, 5.74) is 7.65. The first-order valence-corrected chi connectivity index (χ1v) is 8.58. The quantitative estimate of drug-likeness (QED) is 0.625. The van der Waals surface area contributed by atoms with Crippen LogP contribution in [-0.4, -0.2) is 50.1 Å². The molecule has 0 aliphatic rings. The van der Waals surface area contributed by atoms with E-state index < -0.39 is 12.0 Å². The first-order valence-electron chi connectivity index (χ1n) is 8.58. The van der Waals surface area contributed by atoms with Crippen molar-refractivity contribution < 1.29 is 23.9 Å². The zero-order chi connectivity index (χ0) is 20.2. The Hall–Kier alpha value is -2.87. The Labute approximate surface area is 158 Å². The van der Waals surface area contributed by atoms with Gasteiger partial charge in [0.2, 0.25) is 5.91 Å². The molecule has 1 heterocycles. The maximum absolute atomic E-state index is 11.0. The molecule has 8 heteroatoms. The summed E-state index contributed by atoms with van der Waals surface area (Å²) in [5, 5.41) is 3.61. The SMILES string of the molecule is CNC(=O)CCC(N)C(=O)OC.COC(=O)CCc1c[nH]c2ccccc12. The Kier molecular flexibility index (Phi) is 9.60. The number of carbonyl (C=O) groups is 3. The van der Waals surface area contributed by atoms with Gasteiger partial charge in [0.15, 0.2) is 0 Å². The number of fused-ring (bicyclic) bond motifs is 1. The summed E-state index contributed by atoms with van der Waals surface area (Å²) in [7, 11) is 4.21. The number of aromatic amines is 1. The van der Waals surface area contributed by atoms with Crippen molar-refractivity contribution >= 4 is 28.7 Å². The molecule has 148 valence electrons. The smallest absolute Gasteiger partial charge is 0.322 e. The molecule has 1 atom stereocenters. The van der Waals surface area contributed by atoms with Crippen molar-refractivity contribution in [1.29, 1.82) is 0 Å². The second-order valence-electron chi connectivity index (χ2n) is 5.78. The van der Waals surface area contributed by atoms with Crippen molar-refractivity contribution in [1.82, 2.24) is 10.3 Å². The highest BCUT2D eigenvalue weighted by Crippen LogP contribution is 2.18. The van der Waals surface area contributed by atoms with Crippen LogP contribution in [0.5, 0.6) is 0 Å². The second kappa shape index (κ2) is 11.7. The summed E-state index contributed by atoms with van der Waals surface area (Å²) in [5.74, 6) is -0.784. The van der Waals surface area contributed by atoms with Crippen molar-refractivity contribution in [3.05, 3.63) is 36.0 Å². The van der Waals surface area contributed by atoms with E-state index in [1.807, 2.05) is 24.4 Å². The van der Waals surface area contributed by atoms with Crippen LogP contribution >= 0.6 is 0 Å². The highest BCUT2D eigenvalue weighted by molar-refractivity contribution is 5.83. The van der Waals surface area contributed by atoms with E-state index in [-0.39, 0.29) is 18.3 Å². The molecule has 8 nitrogen and oxygen atoms in total. The van der Waals surface area contributed by atoms with Crippen LogP contribution in [0, 0.1) is 0 Å². The van der Waals surface area contributed by atoms with Gasteiger partial charge in [-0.2, -0.15) is 0 Å². The van der Waals surface area contributed by atoms with E-state index in [1.165, 1.54) is 26.7 Å². The van der Waals surface area contributed by atoms with E-state index in [4.69, 9.17) is 5.73 Å². The number of rotatable bonds is 7. The third kappa shape index (κ3) is 7.49. The molecule has 0 fully saturated rings. The van der Waals surface area contributed by atoms with Gasteiger partial charge in [-0.1, -0.05) is 18.2 Å². The molecule has 2 aromatic rings. The number of aryl methyl sites for hydroxylation is 1. The molecule has 1 aromatic heterocycles. The van der Waals surface area contributed by atoms with E-state index in [1.54, 1.807) is 0 Å². The lowest BCUT2D eigenvalue weighted by Gasteiger charge is -2.07. The van der Waals surface area contributed by atoms with Crippen LogP contribution in [0.1, 0.15) is 24.8 Å². The average Bonchev–Trinajstić information content (AvgIpc) is 3.12. The Morgan fingerprint density at radius 1 is 1.15 bits per heavy atom. The molecule has 1 aromatic carbocycles. The molecule has 2 rings (SSSR count). The van der Waals surface area contributed by atoms with Crippen LogP contribution in [0.25, 0.3) is 10.9 Å². The van der Waals surface area contributed by atoms with E-state index in [0.29, 0.717) is 12.8 Å². The van der Waals surface area contributed by atoms with Gasteiger partial charge in [-0.3, -0.25) is 14.4 Å². The number of esters is 2. The number of ether oxygens (including phenoxy) is 2. The van der Waals surface area contributed by atoms with E-state index in [9.17, 15) is 14.4 Å². The fraction of sp³-hybridized carbons (Fsp3) is 0.421. The van der Waals surface area contributed by atoms with Gasteiger partial charge in [0.05, 0.1) is 14.2 Å². The van der Waals surface area contributed by atoms with Gasteiger partial charge in [-0.15, -0.1) is 0 Å². The fourth-order valence-corrected chi connectivity index (χ4v) is 2.36. The minimum absolute atomic E-state index is 0.130. The average molecular weight is 377 g/mol. The van der Waals surface area contributed by atoms with Crippen LogP contribution in [0.15, 0.2) is 30.5 Å². The van der Waals surface area contributed by atoms with Crippen molar-refractivity contribution in [3.63, 3.8) is 0 Å². The Morgan fingerprint density at radius 2 is 1.85 bits per heavy atom. The van der Waals surface area contributed by atoms with Gasteiger partial charge >= 0.3 is 11.9 Å². The minimum atomic E-state index is -0.702. The van der Waals surface area contributed by atoms with Gasteiger partial charge in [0, 0.05) is 37.0 Å². The van der Waals surface area contributed by atoms with Crippen LogP contribution in [0.4, 0.5) is 0 Å². The molecule has 1 unspecified atom stereocenters. The topological polar surface area (TPSA) is 124 Å². The van der Waals surface area contributed by atoms with Gasteiger partial charge < -0.3 is 25.5 Å². The zero-order valence-corrected chi connectivity index (χ0v) is 15.9. The van der Waals surface area contributed by atoms with Gasteiger partial charge in [0.1, 0.15) is 6.04 Å². The standard InChI is InChI=1S/C12H13NO2.C7H14N2O3/c1-15-12(14)7-6-9-8-13-11-5-3-2-4-10(9)11;1-9-6(10)4-3-5(8)7(11)12-2/h2-5,8,13H,6-7H2,1H3;5H,3-4,8H2,1-2H3,(H,9,10). The Bertz CT molecular complexity index is 757. The van der Waals surface area contributed by atoms with Crippen LogP contribution in [-0.2, 0) is 30.3 Å². The number of hydrogen-bond acceptors (Lipinski definition) is 6. The second-order valence-corrected chi connectivity index (χ2v) is 5.78. The predicted molar refractivity (Wildman–Crippen MR) is 102 cm³/mol. The number of carbonyl (C=O) groups excluding carboxylic acids is 3. The summed E-state index contributed by atoms with van der Waals surface area (Å²) >= 11 is 0. The minimum Gasteiger partial charge on any atom is -0.469 e. The monoisotopic (exact) mass is 377 g/mol. The van der Waals surface area contributed by atoms with Crippen LogP contribution in [0.3, 0.4) is 0 Å². The molecule has 27 heavy (non-hydrogen) atoms. The first kappa shape index (κ1) is 22.2. The summed E-state index contributed by atoms with van der Waals surface area (Å²) in [6.07, 6.45) is 3.65. The normalized spacial score (nSPS) is 11.1. The summed E-state index contributed by atoms with van der Waals surface area (Å²) < 4.78 is 8.99. The number of hydrogen-bond donors (Lipinski definition) is 3. The molecule has 4 N–H and O–H groups in total. The highest BCUT2D eigenvalue weighted by atomic mass is 16.5. The zero-order valence-electron chi connectivity index (χ0n) is 15.9. The lowest BCUT2D eigenvalue weighted by molar-refractivity contribution is -0.142. The number of benzene rings is 1. The molecule has 0 bridgehead atoms. The van der Waals surface area contributed by atoms with Crippen molar-refractivity contribution in [3.8, 4) is 0 Å². The molecule has 0 aliphatic heterocycles. The van der Waals surface area contributed by atoms with Gasteiger partial charge in [-0.25, -0.2) is 0 Å². The largest absolute Gasteiger partial charge is 0.469 e. The number of methoxy groups -OCH3 is 2. The van der Waals surface area contributed by atoms with Gasteiger partial charge in [-0.05, 0) is 24.5 Å². The third-order valence-corrected chi connectivity index (χ3v) is 3.97. The van der Waals surface area contributed by atoms with E-state index in [0.717, 1.165) is 17.5 Å². The number of para-hydroxylation sites is 1. The summed E-state index contributed by atoms with van der Waals surface area (Å²) in [6, 6.07) is 7.36. The molecule has 0 spiro atoms. The molecular formula is C19H27N3O5. The fourth-order valence-electron chi connectivity index (χ4n) is 2.36. The number of aromatic nitrogens is 1. The van der Waals surface area contributed by atoms with Crippen molar-refractivity contribution in [2.24, 2.45) is 5.73 Å². The summed E-state index contributed by atoms with van der Waals surface area (Å²) in [6.45, 7) is 0. The van der Waals surface area contributed by atoms with Crippen LogP contribution in [0.2, 0.25) is 0 Å². The molecule has 0 radical (unpaired) electrons. The molecular weight excluding hydrogens is 350 g/mol. The third-order valence-electron chi connectivity index (χ3n) is 3.97. The van der Waals surface area contributed by atoms with Crippen molar-refractivity contribution in [2.75, 3.05) is 21.3 Å². The molecule has 1 amide bonds. The molecule has 0 aliphatic carbocycles. The number of nitrogens with one attached hydrogen (secondary N) is 2. The maximum Gasteiger partial charge on any atom is 0.322 e. The van der Waals surface area contributed by atoms with Gasteiger partial charge in [0.25, 0.3) is 0 Å².